The Bertz CT molecular complexity index is 267. The SMILES string of the molecule is C[C@H]1Oc2ccccc2[C@@H]1C. The third-order valence-corrected chi connectivity index (χ3v) is 2.43. The second-order valence-corrected chi connectivity index (χ2v) is 3.15. The molecule has 1 aliphatic heterocycles. The van der Waals surface area contributed by atoms with E-state index >= 15 is 0 Å². The molecule has 11 heavy (non-hydrogen) atoms. The summed E-state index contributed by atoms with van der Waals surface area (Å²) in [4.78, 5) is 0. The highest BCUT2D eigenvalue weighted by molar-refractivity contribution is 5.40. The number of fused-ring (bicyclic) bond motifs is 1. The maximum absolute atomic E-state index is 5.62. The van der Waals surface area contributed by atoms with Crippen molar-refractivity contribution >= 4 is 0 Å². The number of rotatable bonds is 0. The van der Waals surface area contributed by atoms with Crippen LogP contribution in [0.3, 0.4) is 0 Å². The Labute approximate surface area is 67.0 Å². The number of hydrogen-bond acceptors (Lipinski definition) is 1. The Morgan fingerprint density at radius 3 is 2.64 bits per heavy atom. The molecule has 2 rings (SSSR count). The fraction of sp³-hybridized carbons (Fsp3) is 0.400. The molecule has 1 heterocycles. The molecular formula is C10H12O. The van der Waals surface area contributed by atoms with Crippen molar-refractivity contribution in [2.75, 3.05) is 0 Å². The van der Waals surface area contributed by atoms with Crippen molar-refractivity contribution in [1.82, 2.24) is 0 Å². The third kappa shape index (κ3) is 0.917. The van der Waals surface area contributed by atoms with Crippen LogP contribution in [-0.2, 0) is 0 Å². The summed E-state index contributed by atoms with van der Waals surface area (Å²) in [7, 11) is 0. The predicted octanol–water partition coefficient (Wildman–Crippen LogP) is 2.57. The highest BCUT2D eigenvalue weighted by Gasteiger charge is 2.26. The van der Waals surface area contributed by atoms with Crippen LogP contribution in [0.5, 0.6) is 5.75 Å². The first-order valence-electron chi connectivity index (χ1n) is 4.04. The molecule has 0 amide bonds. The molecule has 0 N–H and O–H groups in total. The summed E-state index contributed by atoms with van der Waals surface area (Å²) in [6.45, 7) is 4.32. The van der Waals surface area contributed by atoms with Gasteiger partial charge in [-0.05, 0) is 13.0 Å². The lowest BCUT2D eigenvalue weighted by atomic mass is 9.99. The first-order chi connectivity index (χ1) is 5.29. The van der Waals surface area contributed by atoms with Crippen molar-refractivity contribution in [1.29, 1.82) is 0 Å². The minimum Gasteiger partial charge on any atom is -0.490 e. The van der Waals surface area contributed by atoms with Gasteiger partial charge in [0.15, 0.2) is 0 Å². The van der Waals surface area contributed by atoms with Crippen LogP contribution in [0.15, 0.2) is 24.3 Å². The van der Waals surface area contributed by atoms with Crippen LogP contribution >= 0.6 is 0 Å². The van der Waals surface area contributed by atoms with E-state index in [0.717, 1.165) is 5.75 Å². The summed E-state index contributed by atoms with van der Waals surface area (Å²) in [5.41, 5.74) is 1.35. The van der Waals surface area contributed by atoms with Crippen LogP contribution < -0.4 is 4.74 Å². The lowest BCUT2D eigenvalue weighted by Gasteiger charge is -2.06. The molecule has 2 atom stereocenters. The van der Waals surface area contributed by atoms with Crippen LogP contribution in [0.4, 0.5) is 0 Å². The van der Waals surface area contributed by atoms with Gasteiger partial charge in [0.05, 0.1) is 0 Å². The van der Waals surface area contributed by atoms with Crippen molar-refractivity contribution in [2.45, 2.75) is 25.9 Å². The first kappa shape index (κ1) is 6.71. The Kier molecular flexibility index (Phi) is 1.38. The number of benzene rings is 1. The van der Waals surface area contributed by atoms with Crippen LogP contribution in [0.25, 0.3) is 0 Å². The van der Waals surface area contributed by atoms with E-state index in [0.29, 0.717) is 12.0 Å². The Morgan fingerprint density at radius 1 is 1.18 bits per heavy atom. The van der Waals surface area contributed by atoms with Gasteiger partial charge < -0.3 is 4.74 Å². The molecular weight excluding hydrogens is 136 g/mol. The van der Waals surface area contributed by atoms with Crippen molar-refractivity contribution in [2.24, 2.45) is 0 Å². The van der Waals surface area contributed by atoms with Gasteiger partial charge >= 0.3 is 0 Å². The van der Waals surface area contributed by atoms with Crippen LogP contribution in [0, 0.1) is 0 Å². The van der Waals surface area contributed by atoms with Gasteiger partial charge in [0.2, 0.25) is 0 Å². The Balaban J connectivity index is 2.47. The average molecular weight is 148 g/mol. The molecule has 0 bridgehead atoms. The Morgan fingerprint density at radius 2 is 1.91 bits per heavy atom. The molecule has 1 heteroatoms. The van der Waals surface area contributed by atoms with E-state index in [9.17, 15) is 0 Å². The molecule has 1 aromatic carbocycles. The van der Waals surface area contributed by atoms with Crippen LogP contribution in [0.2, 0.25) is 0 Å². The number of ether oxygens (including phenoxy) is 1. The first-order valence-corrected chi connectivity index (χ1v) is 4.04. The molecule has 0 aliphatic carbocycles. The van der Waals surface area contributed by atoms with Gasteiger partial charge in [0.1, 0.15) is 11.9 Å². The molecule has 58 valence electrons. The summed E-state index contributed by atoms with van der Waals surface area (Å²) < 4.78 is 5.62. The van der Waals surface area contributed by atoms with Gasteiger partial charge in [-0.3, -0.25) is 0 Å². The zero-order valence-corrected chi connectivity index (χ0v) is 6.87. The Hall–Kier alpha value is -0.980. The zero-order valence-electron chi connectivity index (χ0n) is 6.87. The lowest BCUT2D eigenvalue weighted by Crippen LogP contribution is -2.10. The highest BCUT2D eigenvalue weighted by atomic mass is 16.5. The summed E-state index contributed by atoms with van der Waals surface area (Å²) >= 11 is 0. The molecule has 0 spiro atoms. The number of para-hydroxylation sites is 1. The fourth-order valence-corrected chi connectivity index (χ4v) is 1.52. The molecule has 1 aromatic rings. The summed E-state index contributed by atoms with van der Waals surface area (Å²) in [6, 6.07) is 8.26. The van der Waals surface area contributed by atoms with Gasteiger partial charge in [0, 0.05) is 11.5 Å². The smallest absolute Gasteiger partial charge is 0.123 e. The summed E-state index contributed by atoms with van der Waals surface area (Å²) in [5.74, 6) is 1.61. The van der Waals surface area contributed by atoms with E-state index < -0.39 is 0 Å². The standard InChI is InChI=1S/C10H12O/c1-7-8(2)11-10-6-4-3-5-9(7)10/h3-8H,1-2H3/t7-,8-/m1/s1. The molecule has 0 aromatic heterocycles. The van der Waals surface area contributed by atoms with Crippen molar-refractivity contribution in [3.63, 3.8) is 0 Å². The van der Waals surface area contributed by atoms with Crippen LogP contribution in [0.1, 0.15) is 25.3 Å². The molecule has 1 nitrogen and oxygen atoms in total. The quantitative estimate of drug-likeness (QED) is 0.549. The zero-order chi connectivity index (χ0) is 7.84. The molecule has 0 radical (unpaired) electrons. The highest BCUT2D eigenvalue weighted by Crippen LogP contribution is 2.36. The maximum atomic E-state index is 5.62. The molecule has 0 fully saturated rings. The molecule has 0 unspecified atom stereocenters. The minimum absolute atomic E-state index is 0.340. The van der Waals surface area contributed by atoms with E-state index in [-0.39, 0.29) is 0 Å². The van der Waals surface area contributed by atoms with Crippen molar-refractivity contribution < 1.29 is 4.74 Å². The normalized spacial score (nSPS) is 27.8. The van der Waals surface area contributed by atoms with Crippen molar-refractivity contribution in [3.05, 3.63) is 29.8 Å². The van der Waals surface area contributed by atoms with E-state index in [1.807, 2.05) is 12.1 Å². The molecule has 0 saturated carbocycles. The second kappa shape index (κ2) is 2.26. The lowest BCUT2D eigenvalue weighted by molar-refractivity contribution is 0.232. The van der Waals surface area contributed by atoms with Gasteiger partial charge in [0.25, 0.3) is 0 Å². The summed E-state index contributed by atoms with van der Waals surface area (Å²) in [6.07, 6.45) is 0.340. The second-order valence-electron chi connectivity index (χ2n) is 3.15. The van der Waals surface area contributed by atoms with Crippen molar-refractivity contribution in [3.8, 4) is 5.75 Å². The summed E-state index contributed by atoms with van der Waals surface area (Å²) in [5, 5.41) is 0. The van der Waals surface area contributed by atoms with E-state index in [2.05, 4.69) is 26.0 Å². The fourth-order valence-electron chi connectivity index (χ4n) is 1.52. The topological polar surface area (TPSA) is 9.23 Å². The van der Waals surface area contributed by atoms with E-state index in [1.165, 1.54) is 5.56 Å². The van der Waals surface area contributed by atoms with Gasteiger partial charge in [-0.25, -0.2) is 0 Å². The monoisotopic (exact) mass is 148 g/mol. The van der Waals surface area contributed by atoms with E-state index in [4.69, 9.17) is 4.74 Å². The van der Waals surface area contributed by atoms with E-state index in [1.54, 1.807) is 0 Å². The van der Waals surface area contributed by atoms with Gasteiger partial charge in [-0.1, -0.05) is 25.1 Å². The largest absolute Gasteiger partial charge is 0.490 e. The average Bonchev–Trinajstić information content (AvgIpc) is 2.30. The van der Waals surface area contributed by atoms with Gasteiger partial charge in [-0.15, -0.1) is 0 Å². The minimum atomic E-state index is 0.340. The molecule has 1 aliphatic rings. The van der Waals surface area contributed by atoms with Crippen LogP contribution in [-0.4, -0.2) is 6.10 Å². The maximum Gasteiger partial charge on any atom is 0.123 e. The van der Waals surface area contributed by atoms with Gasteiger partial charge in [-0.2, -0.15) is 0 Å². The molecule has 0 saturated heterocycles. The third-order valence-electron chi connectivity index (χ3n) is 2.43. The number of hydrogen-bond donors (Lipinski definition) is 0. The predicted molar refractivity (Wildman–Crippen MR) is 44.9 cm³/mol.